The Morgan fingerprint density at radius 2 is 1.00 bits per heavy atom. The number of likely N-dealkylation sites (N-methyl/N-ethyl adjacent to an activating group) is 1. The van der Waals surface area contributed by atoms with E-state index in [4.69, 9.17) is 18.5 Å². The summed E-state index contributed by atoms with van der Waals surface area (Å²) in [5.74, 6) is -0.312. The quantitative estimate of drug-likeness (QED) is 0.0305. The highest BCUT2D eigenvalue weighted by atomic mass is 31.2. The third kappa shape index (κ3) is 34.8. The van der Waals surface area contributed by atoms with Gasteiger partial charge in [0.05, 0.1) is 34.4 Å². The summed E-state index contributed by atoms with van der Waals surface area (Å²) in [6.45, 7) is 5.64. The Morgan fingerprint density at radius 3 is 1.43 bits per heavy atom. The average Bonchev–Trinajstić information content (AvgIpc) is 2.99. The van der Waals surface area contributed by atoms with E-state index < -0.39 is 13.9 Å². The molecule has 0 aliphatic rings. The van der Waals surface area contributed by atoms with Gasteiger partial charge in [0.1, 0.15) is 19.3 Å². The predicted octanol–water partition coefficient (Wildman–Crippen LogP) is 10.5. The van der Waals surface area contributed by atoms with Crippen molar-refractivity contribution < 1.29 is 37.3 Å². The Bertz CT molecular complexity index is 716. The molecule has 0 radical (unpaired) electrons. The Kier molecular flexibility index (Phi) is 31.4. The lowest BCUT2D eigenvalue weighted by Crippen LogP contribution is -2.37. The van der Waals surface area contributed by atoms with Gasteiger partial charge in [0, 0.05) is 13.0 Å². The molecule has 0 heterocycles. The van der Waals surface area contributed by atoms with Crippen molar-refractivity contribution in [3.63, 3.8) is 0 Å². The molecule has 0 bridgehead atoms. The minimum Gasteiger partial charge on any atom is -0.457 e. The third-order valence-electron chi connectivity index (χ3n) is 8.42. The van der Waals surface area contributed by atoms with Crippen LogP contribution in [-0.2, 0) is 27.9 Å². The van der Waals surface area contributed by atoms with Gasteiger partial charge in [0.2, 0.25) is 0 Å². The largest absolute Gasteiger partial charge is 0.472 e. The molecular weight excluding hydrogens is 601 g/mol. The Balaban J connectivity index is 4.27. The highest BCUT2D eigenvalue weighted by Gasteiger charge is 2.26. The van der Waals surface area contributed by atoms with Crippen LogP contribution in [-0.4, -0.2) is 75.6 Å². The van der Waals surface area contributed by atoms with Crippen molar-refractivity contribution >= 4 is 13.8 Å². The lowest BCUT2D eigenvalue weighted by molar-refractivity contribution is -0.870. The number of esters is 1. The van der Waals surface area contributed by atoms with E-state index in [0.717, 1.165) is 32.1 Å². The second-order valence-electron chi connectivity index (χ2n) is 14.3. The molecule has 0 aliphatic heterocycles. The number of phosphoric ester groups is 1. The molecule has 0 amide bonds. The summed E-state index contributed by atoms with van der Waals surface area (Å²) in [5, 5.41) is 0. The highest BCUT2D eigenvalue weighted by molar-refractivity contribution is 7.47. The highest BCUT2D eigenvalue weighted by Crippen LogP contribution is 2.43. The number of phosphoric acid groups is 1. The first kappa shape index (κ1) is 45.5. The number of quaternary nitrogens is 1. The number of carbonyl (C=O) groups excluding carboxylic acids is 1. The molecule has 8 nitrogen and oxygen atoms in total. The molecular formula is C37H77NO7P+. The number of unbranched alkanes of at least 4 members (excludes halogenated alkanes) is 22. The Hall–Kier alpha value is -0.500. The van der Waals surface area contributed by atoms with E-state index in [2.05, 4.69) is 13.8 Å². The summed E-state index contributed by atoms with van der Waals surface area (Å²) in [6, 6.07) is 0. The van der Waals surface area contributed by atoms with Gasteiger partial charge in [-0.3, -0.25) is 13.8 Å². The fourth-order valence-electron chi connectivity index (χ4n) is 5.38. The number of carbonyl (C=O) groups is 1. The van der Waals surface area contributed by atoms with Gasteiger partial charge in [-0.15, -0.1) is 0 Å². The number of rotatable bonds is 36. The smallest absolute Gasteiger partial charge is 0.457 e. The zero-order valence-electron chi connectivity index (χ0n) is 31.1. The standard InChI is InChI=1S/C37H76NO7P/c1-6-8-10-12-14-16-18-20-22-24-26-28-30-37(39)45-36(35-44-46(40,41)43-33-31-38(3,4)5)34-42-32-29-27-25-23-21-19-17-15-13-11-9-7-2/h36H,6-35H2,1-5H3/p+1. The van der Waals surface area contributed by atoms with Crippen LogP contribution in [0.4, 0.5) is 0 Å². The van der Waals surface area contributed by atoms with E-state index in [1.807, 2.05) is 21.1 Å². The normalized spacial score (nSPS) is 14.0. The minimum atomic E-state index is -4.26. The van der Waals surface area contributed by atoms with Crippen molar-refractivity contribution in [2.24, 2.45) is 0 Å². The van der Waals surface area contributed by atoms with Crippen molar-refractivity contribution in [1.82, 2.24) is 0 Å². The third-order valence-corrected chi connectivity index (χ3v) is 9.40. The fraction of sp³-hybridized carbons (Fsp3) is 0.973. The first-order valence-corrected chi connectivity index (χ1v) is 20.8. The average molecular weight is 679 g/mol. The molecule has 0 saturated carbocycles. The molecule has 46 heavy (non-hydrogen) atoms. The van der Waals surface area contributed by atoms with Gasteiger partial charge in [0.15, 0.2) is 0 Å². The van der Waals surface area contributed by atoms with Gasteiger partial charge in [0.25, 0.3) is 0 Å². The molecule has 276 valence electrons. The number of hydrogen-bond acceptors (Lipinski definition) is 6. The molecule has 0 rings (SSSR count). The monoisotopic (exact) mass is 679 g/mol. The molecule has 1 N–H and O–H groups in total. The van der Waals surface area contributed by atoms with Crippen LogP contribution in [0.5, 0.6) is 0 Å². The van der Waals surface area contributed by atoms with Crippen molar-refractivity contribution in [2.45, 2.75) is 180 Å². The van der Waals surface area contributed by atoms with E-state index in [-0.39, 0.29) is 25.8 Å². The molecule has 0 aromatic carbocycles. The van der Waals surface area contributed by atoms with Gasteiger partial charge in [-0.25, -0.2) is 4.57 Å². The van der Waals surface area contributed by atoms with Crippen LogP contribution < -0.4 is 0 Å². The second-order valence-corrected chi connectivity index (χ2v) is 15.8. The molecule has 0 spiro atoms. The molecule has 0 aromatic heterocycles. The van der Waals surface area contributed by atoms with Crippen LogP contribution in [0.2, 0.25) is 0 Å². The van der Waals surface area contributed by atoms with Crippen LogP contribution in [0, 0.1) is 0 Å². The lowest BCUT2D eigenvalue weighted by atomic mass is 10.0. The van der Waals surface area contributed by atoms with Crippen molar-refractivity contribution in [3.8, 4) is 0 Å². The molecule has 0 fully saturated rings. The van der Waals surface area contributed by atoms with Crippen molar-refractivity contribution in [3.05, 3.63) is 0 Å². The first-order chi connectivity index (χ1) is 22.1. The van der Waals surface area contributed by atoms with E-state index in [0.29, 0.717) is 24.1 Å². The predicted molar refractivity (Wildman–Crippen MR) is 192 cm³/mol. The van der Waals surface area contributed by atoms with E-state index in [9.17, 15) is 14.3 Å². The molecule has 0 saturated heterocycles. The van der Waals surface area contributed by atoms with E-state index >= 15 is 0 Å². The zero-order valence-corrected chi connectivity index (χ0v) is 32.0. The first-order valence-electron chi connectivity index (χ1n) is 19.3. The summed E-state index contributed by atoms with van der Waals surface area (Å²) in [7, 11) is 1.68. The summed E-state index contributed by atoms with van der Waals surface area (Å²) in [5.41, 5.74) is 0. The maximum Gasteiger partial charge on any atom is 0.472 e. The van der Waals surface area contributed by atoms with Gasteiger partial charge in [-0.1, -0.05) is 155 Å². The Morgan fingerprint density at radius 1 is 0.587 bits per heavy atom. The van der Waals surface area contributed by atoms with Gasteiger partial charge < -0.3 is 18.9 Å². The van der Waals surface area contributed by atoms with Crippen LogP contribution in [0.25, 0.3) is 0 Å². The van der Waals surface area contributed by atoms with Crippen molar-refractivity contribution in [2.75, 3.05) is 54.1 Å². The van der Waals surface area contributed by atoms with E-state index in [1.54, 1.807) is 0 Å². The SMILES string of the molecule is CCCCCCCCCCCCCCOCC(COP(=O)(O)OCC[N+](C)(C)C)OC(=O)CCCCCCCCCCCCCC. The van der Waals surface area contributed by atoms with Crippen LogP contribution in [0.1, 0.15) is 174 Å². The summed E-state index contributed by atoms with van der Waals surface area (Å²) in [4.78, 5) is 22.7. The number of nitrogens with zero attached hydrogens (tertiary/aromatic N) is 1. The second kappa shape index (κ2) is 31.7. The topological polar surface area (TPSA) is 91.3 Å². The molecule has 9 heteroatoms. The van der Waals surface area contributed by atoms with Crippen LogP contribution in [0.3, 0.4) is 0 Å². The minimum absolute atomic E-state index is 0.0934. The molecule has 0 aliphatic carbocycles. The summed E-state index contributed by atoms with van der Waals surface area (Å²) < 4.78 is 34.8. The van der Waals surface area contributed by atoms with E-state index in [1.165, 1.54) is 122 Å². The van der Waals surface area contributed by atoms with Gasteiger partial charge in [-0.05, 0) is 12.8 Å². The zero-order chi connectivity index (χ0) is 34.2. The number of ether oxygens (including phenoxy) is 2. The maximum absolute atomic E-state index is 12.6. The lowest BCUT2D eigenvalue weighted by Gasteiger charge is -2.24. The van der Waals surface area contributed by atoms with Crippen LogP contribution in [0.15, 0.2) is 0 Å². The molecule has 2 atom stereocenters. The Labute approximate surface area is 285 Å². The van der Waals surface area contributed by atoms with Crippen molar-refractivity contribution in [1.29, 1.82) is 0 Å². The summed E-state index contributed by atoms with van der Waals surface area (Å²) in [6.07, 6.45) is 29.7. The molecule has 2 unspecified atom stereocenters. The maximum atomic E-state index is 12.6. The number of hydrogen-bond donors (Lipinski definition) is 1. The fourth-order valence-corrected chi connectivity index (χ4v) is 6.12. The summed E-state index contributed by atoms with van der Waals surface area (Å²) >= 11 is 0. The molecule has 0 aromatic rings. The van der Waals surface area contributed by atoms with Gasteiger partial charge in [-0.2, -0.15) is 0 Å². The van der Waals surface area contributed by atoms with Crippen LogP contribution >= 0.6 is 7.82 Å². The van der Waals surface area contributed by atoms with Gasteiger partial charge >= 0.3 is 13.8 Å².